The first-order valence-electron chi connectivity index (χ1n) is 5.76. The Kier molecular flexibility index (Phi) is 3.51. The third-order valence-electron chi connectivity index (χ3n) is 2.95. The molecule has 3 nitrogen and oxygen atoms in total. The van der Waals surface area contributed by atoms with Gasteiger partial charge >= 0.3 is 5.97 Å². The van der Waals surface area contributed by atoms with Crippen molar-refractivity contribution in [2.75, 3.05) is 0 Å². The Balaban J connectivity index is 2.44. The van der Waals surface area contributed by atoms with E-state index in [1.165, 1.54) is 12.1 Å². The van der Waals surface area contributed by atoms with Gasteiger partial charge < -0.3 is 9.84 Å². The Morgan fingerprint density at radius 3 is 2.58 bits per heavy atom. The van der Waals surface area contributed by atoms with Crippen molar-refractivity contribution in [3.05, 3.63) is 58.9 Å². The Morgan fingerprint density at radius 2 is 1.89 bits per heavy atom. The monoisotopic (exact) mass is 260 g/mol. The maximum Gasteiger partial charge on any atom is 0.339 e. The summed E-state index contributed by atoms with van der Waals surface area (Å²) in [6.07, 6.45) is 0. The normalized spacial score (nSPS) is 10.3. The first-order valence-corrected chi connectivity index (χ1v) is 5.76. The lowest BCUT2D eigenvalue weighted by molar-refractivity contribution is 0.0693. The van der Waals surface area contributed by atoms with Gasteiger partial charge in [-0.15, -0.1) is 0 Å². The summed E-state index contributed by atoms with van der Waals surface area (Å²) in [7, 11) is 0. The Morgan fingerprint density at radius 1 is 1.16 bits per heavy atom. The fourth-order valence-electron chi connectivity index (χ4n) is 1.71. The van der Waals surface area contributed by atoms with E-state index in [9.17, 15) is 9.18 Å². The summed E-state index contributed by atoms with van der Waals surface area (Å²) in [5, 5.41) is 9.05. The van der Waals surface area contributed by atoms with Crippen molar-refractivity contribution in [3.8, 4) is 11.5 Å². The molecular weight excluding hydrogens is 247 g/mol. The summed E-state index contributed by atoms with van der Waals surface area (Å²) >= 11 is 0. The van der Waals surface area contributed by atoms with E-state index in [0.717, 1.165) is 17.2 Å². The molecule has 0 amide bonds. The zero-order valence-corrected chi connectivity index (χ0v) is 10.6. The molecule has 2 rings (SSSR count). The molecule has 0 saturated carbocycles. The first kappa shape index (κ1) is 13.1. The van der Waals surface area contributed by atoms with Crippen LogP contribution in [0.3, 0.4) is 0 Å². The minimum atomic E-state index is -1.22. The molecular formula is C15H13FO3. The molecule has 4 heteroatoms. The van der Waals surface area contributed by atoms with Crippen molar-refractivity contribution in [2.45, 2.75) is 13.8 Å². The molecule has 0 unspecified atom stereocenters. The Hall–Kier alpha value is -2.36. The predicted octanol–water partition coefficient (Wildman–Crippen LogP) is 3.93. The molecule has 0 spiro atoms. The van der Waals surface area contributed by atoms with Crippen LogP contribution in [0.1, 0.15) is 21.5 Å². The molecule has 0 aliphatic heterocycles. The quantitative estimate of drug-likeness (QED) is 0.909. The van der Waals surface area contributed by atoms with E-state index in [2.05, 4.69) is 0 Å². The molecule has 19 heavy (non-hydrogen) atoms. The van der Waals surface area contributed by atoms with Gasteiger partial charge in [-0.1, -0.05) is 12.1 Å². The fourth-order valence-corrected chi connectivity index (χ4v) is 1.71. The fraction of sp³-hybridized carbons (Fsp3) is 0.133. The second-order valence-electron chi connectivity index (χ2n) is 4.25. The molecule has 0 radical (unpaired) electrons. The Bertz CT molecular complexity index is 635. The zero-order chi connectivity index (χ0) is 14.0. The minimum Gasteiger partial charge on any atom is -0.478 e. The van der Waals surface area contributed by atoms with Crippen LogP contribution in [-0.4, -0.2) is 11.1 Å². The lowest BCUT2D eigenvalue weighted by Crippen LogP contribution is -2.01. The van der Waals surface area contributed by atoms with Gasteiger partial charge in [0.05, 0.1) is 0 Å². The number of benzene rings is 2. The van der Waals surface area contributed by atoms with Gasteiger partial charge in [0.2, 0.25) is 0 Å². The molecule has 0 bridgehead atoms. The summed E-state index contributed by atoms with van der Waals surface area (Å²) in [6.45, 7) is 3.82. The van der Waals surface area contributed by atoms with Crippen molar-refractivity contribution in [1.82, 2.24) is 0 Å². The van der Waals surface area contributed by atoms with E-state index in [1.807, 2.05) is 26.0 Å². The van der Waals surface area contributed by atoms with Crippen LogP contribution in [0.5, 0.6) is 11.5 Å². The molecule has 98 valence electrons. The average Bonchev–Trinajstić information content (AvgIpc) is 2.36. The summed E-state index contributed by atoms with van der Waals surface area (Å²) in [5.74, 6) is -1.14. The van der Waals surface area contributed by atoms with Crippen LogP contribution in [-0.2, 0) is 0 Å². The van der Waals surface area contributed by atoms with Crippen LogP contribution in [0.25, 0.3) is 0 Å². The molecule has 2 aromatic rings. The van der Waals surface area contributed by atoms with Crippen LogP contribution in [0, 0.1) is 19.7 Å². The van der Waals surface area contributed by atoms with Gasteiger partial charge in [-0.25, -0.2) is 9.18 Å². The largest absolute Gasteiger partial charge is 0.478 e. The Labute approximate surface area is 110 Å². The molecule has 0 aliphatic rings. The van der Waals surface area contributed by atoms with Crippen molar-refractivity contribution < 1.29 is 19.0 Å². The number of aryl methyl sites for hydroxylation is 1. The minimum absolute atomic E-state index is 0.127. The number of carbonyl (C=O) groups is 1. The average molecular weight is 260 g/mol. The standard InChI is InChI=1S/C15H13FO3/c1-9-4-3-5-13(10(9)2)19-14-7-6-11(16)8-12(14)15(17)18/h3-8H,1-2H3,(H,17,18). The van der Waals surface area contributed by atoms with Gasteiger partial charge in [-0.2, -0.15) is 0 Å². The lowest BCUT2D eigenvalue weighted by Gasteiger charge is -2.12. The molecule has 0 fully saturated rings. The van der Waals surface area contributed by atoms with Crippen LogP contribution < -0.4 is 4.74 Å². The smallest absolute Gasteiger partial charge is 0.339 e. The van der Waals surface area contributed by atoms with E-state index < -0.39 is 11.8 Å². The summed E-state index contributed by atoms with van der Waals surface area (Å²) < 4.78 is 18.7. The molecule has 0 saturated heterocycles. The third-order valence-corrected chi connectivity index (χ3v) is 2.95. The van der Waals surface area contributed by atoms with E-state index in [0.29, 0.717) is 5.75 Å². The molecule has 0 heterocycles. The maximum absolute atomic E-state index is 13.1. The van der Waals surface area contributed by atoms with E-state index in [1.54, 1.807) is 6.07 Å². The zero-order valence-electron chi connectivity index (χ0n) is 10.6. The second kappa shape index (κ2) is 5.10. The number of carboxylic acid groups (broad SMARTS) is 1. The number of carboxylic acids is 1. The number of ether oxygens (including phenoxy) is 1. The van der Waals surface area contributed by atoms with Crippen LogP contribution in [0.2, 0.25) is 0 Å². The van der Waals surface area contributed by atoms with Crippen molar-refractivity contribution in [2.24, 2.45) is 0 Å². The van der Waals surface area contributed by atoms with Crippen LogP contribution in [0.4, 0.5) is 4.39 Å². The van der Waals surface area contributed by atoms with Crippen molar-refractivity contribution >= 4 is 5.97 Å². The summed E-state index contributed by atoms with van der Waals surface area (Å²) in [6, 6.07) is 8.94. The molecule has 0 aromatic heterocycles. The highest BCUT2D eigenvalue weighted by Gasteiger charge is 2.14. The van der Waals surface area contributed by atoms with Gasteiger partial charge in [0.1, 0.15) is 22.9 Å². The predicted molar refractivity (Wildman–Crippen MR) is 69.3 cm³/mol. The van der Waals surface area contributed by atoms with Crippen molar-refractivity contribution in [1.29, 1.82) is 0 Å². The molecule has 0 atom stereocenters. The topological polar surface area (TPSA) is 46.5 Å². The summed E-state index contributed by atoms with van der Waals surface area (Å²) in [5.41, 5.74) is 1.76. The van der Waals surface area contributed by atoms with E-state index in [-0.39, 0.29) is 11.3 Å². The highest BCUT2D eigenvalue weighted by Crippen LogP contribution is 2.29. The van der Waals surface area contributed by atoms with Crippen LogP contribution >= 0.6 is 0 Å². The van der Waals surface area contributed by atoms with Gasteiger partial charge in [-0.05, 0) is 49.2 Å². The van der Waals surface area contributed by atoms with Crippen molar-refractivity contribution in [3.63, 3.8) is 0 Å². The SMILES string of the molecule is Cc1cccc(Oc2ccc(F)cc2C(=O)O)c1C. The molecule has 2 aromatic carbocycles. The number of hydrogen-bond donors (Lipinski definition) is 1. The van der Waals surface area contributed by atoms with Gasteiger partial charge in [-0.3, -0.25) is 0 Å². The third kappa shape index (κ3) is 2.73. The summed E-state index contributed by atoms with van der Waals surface area (Å²) in [4.78, 5) is 11.1. The maximum atomic E-state index is 13.1. The number of halogens is 1. The second-order valence-corrected chi connectivity index (χ2v) is 4.25. The lowest BCUT2D eigenvalue weighted by atomic mass is 10.1. The van der Waals surface area contributed by atoms with Crippen LogP contribution in [0.15, 0.2) is 36.4 Å². The first-order chi connectivity index (χ1) is 8.99. The number of aromatic carboxylic acids is 1. The van der Waals surface area contributed by atoms with E-state index in [4.69, 9.17) is 9.84 Å². The van der Waals surface area contributed by atoms with Gasteiger partial charge in [0.15, 0.2) is 0 Å². The van der Waals surface area contributed by atoms with E-state index >= 15 is 0 Å². The molecule has 0 aliphatic carbocycles. The van der Waals surface area contributed by atoms with Gasteiger partial charge in [0, 0.05) is 0 Å². The number of rotatable bonds is 3. The number of hydrogen-bond acceptors (Lipinski definition) is 2. The highest BCUT2D eigenvalue weighted by molar-refractivity contribution is 5.91. The molecule has 1 N–H and O–H groups in total. The highest BCUT2D eigenvalue weighted by atomic mass is 19.1. The van der Waals surface area contributed by atoms with Gasteiger partial charge in [0.25, 0.3) is 0 Å².